The fraction of sp³-hybridized carbons (Fsp3) is 0.700. The van der Waals surface area contributed by atoms with E-state index in [4.69, 9.17) is 0 Å². The average Bonchev–Trinajstić information content (AvgIpc) is 2.85. The molecule has 4 heterocycles. The van der Waals surface area contributed by atoms with Gasteiger partial charge in [0.1, 0.15) is 5.82 Å². The molecule has 2 bridgehead atoms. The molecule has 136 valence electrons. The van der Waals surface area contributed by atoms with Crippen molar-refractivity contribution in [2.24, 2.45) is 0 Å². The molecule has 5 nitrogen and oxygen atoms in total. The Morgan fingerprint density at radius 3 is 2.36 bits per heavy atom. The van der Waals surface area contributed by atoms with Crippen molar-refractivity contribution < 1.29 is 4.79 Å². The van der Waals surface area contributed by atoms with E-state index in [1.165, 1.54) is 57.8 Å². The Bertz CT molecular complexity index is 564. The lowest BCUT2D eigenvalue weighted by Crippen LogP contribution is -2.44. The number of anilines is 2. The van der Waals surface area contributed by atoms with E-state index in [9.17, 15) is 4.79 Å². The summed E-state index contributed by atoms with van der Waals surface area (Å²) in [6, 6.07) is 5.31. The molecule has 0 radical (unpaired) electrons. The zero-order valence-corrected chi connectivity index (χ0v) is 15.1. The molecule has 3 aliphatic heterocycles. The summed E-state index contributed by atoms with van der Waals surface area (Å²) in [6.45, 7) is 2.72. The van der Waals surface area contributed by atoms with E-state index < -0.39 is 0 Å². The summed E-state index contributed by atoms with van der Waals surface area (Å²) in [5, 5.41) is 3.04. The Kier molecular flexibility index (Phi) is 5.20. The van der Waals surface area contributed by atoms with Crippen molar-refractivity contribution in [3.05, 3.63) is 18.3 Å². The van der Waals surface area contributed by atoms with Gasteiger partial charge in [-0.1, -0.05) is 19.3 Å². The first kappa shape index (κ1) is 16.8. The van der Waals surface area contributed by atoms with Crippen molar-refractivity contribution in [1.82, 2.24) is 9.88 Å². The number of carbonyl (C=O) groups is 1. The summed E-state index contributed by atoms with van der Waals surface area (Å²) >= 11 is 0. The highest BCUT2D eigenvalue weighted by Crippen LogP contribution is 2.35. The van der Waals surface area contributed by atoms with Crippen molar-refractivity contribution in [2.45, 2.75) is 69.9 Å². The lowest BCUT2D eigenvalue weighted by Gasteiger charge is -2.33. The van der Waals surface area contributed by atoms with Crippen molar-refractivity contribution in [1.29, 1.82) is 0 Å². The van der Waals surface area contributed by atoms with Crippen molar-refractivity contribution in [2.75, 3.05) is 29.9 Å². The molecule has 2 unspecified atom stereocenters. The molecule has 0 saturated carbocycles. The van der Waals surface area contributed by atoms with Gasteiger partial charge >= 0.3 is 0 Å². The van der Waals surface area contributed by atoms with Crippen molar-refractivity contribution in [3.63, 3.8) is 0 Å². The molecular formula is C20H30N4O. The van der Waals surface area contributed by atoms with Crippen LogP contribution in [0.4, 0.5) is 11.5 Å². The minimum atomic E-state index is 0.100. The highest BCUT2D eigenvalue weighted by molar-refractivity contribution is 5.92. The molecule has 1 N–H and O–H groups in total. The van der Waals surface area contributed by atoms with Crippen LogP contribution in [0.1, 0.15) is 57.8 Å². The highest BCUT2D eigenvalue weighted by Gasteiger charge is 2.37. The SMILES string of the molecule is O=C(CN1C2CCCC1CC2)Nc1ccc(N2CCCCCC2)nc1. The quantitative estimate of drug-likeness (QED) is 0.911. The third kappa shape index (κ3) is 3.97. The van der Waals surface area contributed by atoms with Gasteiger partial charge in [-0.25, -0.2) is 4.98 Å². The predicted octanol–water partition coefficient (Wildman–Crippen LogP) is 3.42. The van der Waals surface area contributed by atoms with Gasteiger partial charge in [-0.3, -0.25) is 9.69 Å². The van der Waals surface area contributed by atoms with Crippen LogP contribution in [0.3, 0.4) is 0 Å². The maximum absolute atomic E-state index is 12.4. The van der Waals surface area contributed by atoms with E-state index in [1.807, 2.05) is 18.3 Å². The molecule has 2 atom stereocenters. The number of carbonyl (C=O) groups excluding carboxylic acids is 1. The molecule has 1 amide bonds. The lowest BCUT2D eigenvalue weighted by atomic mass is 10.0. The maximum Gasteiger partial charge on any atom is 0.238 e. The smallest absolute Gasteiger partial charge is 0.238 e. The first-order valence-electron chi connectivity index (χ1n) is 10.1. The normalized spacial score (nSPS) is 27.1. The van der Waals surface area contributed by atoms with Gasteiger partial charge in [0.05, 0.1) is 18.4 Å². The van der Waals surface area contributed by atoms with Crippen LogP contribution in [0.5, 0.6) is 0 Å². The van der Waals surface area contributed by atoms with Crippen LogP contribution in [-0.4, -0.2) is 47.5 Å². The largest absolute Gasteiger partial charge is 0.357 e. The Balaban J connectivity index is 1.32. The second-order valence-corrected chi connectivity index (χ2v) is 7.84. The van der Waals surface area contributed by atoms with Gasteiger partial charge < -0.3 is 10.2 Å². The van der Waals surface area contributed by atoms with Crippen molar-refractivity contribution in [3.8, 4) is 0 Å². The fourth-order valence-electron chi connectivity index (χ4n) is 4.80. The standard InChI is InChI=1S/C20H30N4O/c25-20(15-24-17-6-5-7-18(24)10-9-17)22-16-8-11-19(21-14-16)23-12-3-1-2-4-13-23/h8,11,14,17-18H,1-7,9-10,12-13,15H2,(H,22,25). The van der Waals surface area contributed by atoms with Gasteiger partial charge in [0.2, 0.25) is 5.91 Å². The Morgan fingerprint density at radius 1 is 1.00 bits per heavy atom. The molecule has 25 heavy (non-hydrogen) atoms. The summed E-state index contributed by atoms with van der Waals surface area (Å²) in [6.07, 6.45) is 13.3. The summed E-state index contributed by atoms with van der Waals surface area (Å²) in [4.78, 5) is 21.8. The van der Waals surface area contributed by atoms with Crippen LogP contribution in [0.2, 0.25) is 0 Å². The first-order chi connectivity index (χ1) is 12.3. The van der Waals surface area contributed by atoms with Gasteiger partial charge in [-0.15, -0.1) is 0 Å². The van der Waals surface area contributed by atoms with Crippen LogP contribution < -0.4 is 10.2 Å². The van der Waals surface area contributed by atoms with E-state index in [-0.39, 0.29) is 5.91 Å². The zero-order valence-electron chi connectivity index (χ0n) is 15.1. The number of amides is 1. The molecule has 5 heteroatoms. The molecule has 3 fully saturated rings. The number of nitrogens with zero attached hydrogens (tertiary/aromatic N) is 3. The van der Waals surface area contributed by atoms with Gasteiger partial charge in [0.15, 0.2) is 0 Å². The Morgan fingerprint density at radius 2 is 1.72 bits per heavy atom. The van der Waals surface area contributed by atoms with Crippen molar-refractivity contribution >= 4 is 17.4 Å². The van der Waals surface area contributed by atoms with Crippen LogP contribution in [0, 0.1) is 0 Å². The van der Waals surface area contributed by atoms with E-state index in [0.29, 0.717) is 18.6 Å². The molecule has 1 aromatic rings. The van der Waals surface area contributed by atoms with Crippen LogP contribution >= 0.6 is 0 Å². The molecule has 0 spiro atoms. The van der Waals surface area contributed by atoms with Crippen LogP contribution in [0.15, 0.2) is 18.3 Å². The number of hydrogen-bond donors (Lipinski definition) is 1. The second kappa shape index (κ2) is 7.73. The van der Waals surface area contributed by atoms with E-state index in [0.717, 1.165) is 24.6 Å². The molecule has 4 rings (SSSR count). The van der Waals surface area contributed by atoms with E-state index in [2.05, 4.69) is 20.1 Å². The van der Waals surface area contributed by atoms with Gasteiger partial charge in [-0.2, -0.15) is 0 Å². The minimum Gasteiger partial charge on any atom is -0.357 e. The number of hydrogen-bond acceptors (Lipinski definition) is 4. The molecule has 0 aliphatic carbocycles. The predicted molar refractivity (Wildman–Crippen MR) is 101 cm³/mol. The number of fused-ring (bicyclic) bond motifs is 2. The Labute approximate surface area is 150 Å². The summed E-state index contributed by atoms with van der Waals surface area (Å²) in [5.41, 5.74) is 0.813. The summed E-state index contributed by atoms with van der Waals surface area (Å²) in [5.74, 6) is 1.14. The molecule has 0 aromatic carbocycles. The lowest BCUT2D eigenvalue weighted by molar-refractivity contribution is -0.118. The third-order valence-electron chi connectivity index (χ3n) is 6.13. The fourth-order valence-corrected chi connectivity index (χ4v) is 4.80. The molecule has 3 saturated heterocycles. The average molecular weight is 342 g/mol. The third-order valence-corrected chi connectivity index (χ3v) is 6.13. The number of aromatic nitrogens is 1. The summed E-state index contributed by atoms with van der Waals surface area (Å²) < 4.78 is 0. The van der Waals surface area contributed by atoms with Gasteiger partial charge in [0.25, 0.3) is 0 Å². The van der Waals surface area contributed by atoms with Gasteiger partial charge in [0, 0.05) is 25.2 Å². The molecule has 3 aliphatic rings. The number of nitrogens with one attached hydrogen (secondary N) is 1. The van der Waals surface area contributed by atoms with Gasteiger partial charge in [-0.05, 0) is 50.7 Å². The topological polar surface area (TPSA) is 48.5 Å². The van der Waals surface area contributed by atoms with E-state index in [1.54, 1.807) is 0 Å². The number of piperidine rings is 1. The highest BCUT2D eigenvalue weighted by atomic mass is 16.2. The monoisotopic (exact) mass is 342 g/mol. The maximum atomic E-state index is 12.4. The first-order valence-corrected chi connectivity index (χ1v) is 10.1. The molecule has 1 aromatic heterocycles. The molecular weight excluding hydrogens is 312 g/mol. The van der Waals surface area contributed by atoms with E-state index >= 15 is 0 Å². The summed E-state index contributed by atoms with van der Waals surface area (Å²) in [7, 11) is 0. The number of pyridine rings is 1. The zero-order chi connectivity index (χ0) is 17.1. The van der Waals surface area contributed by atoms with Crippen LogP contribution in [0.25, 0.3) is 0 Å². The number of rotatable bonds is 4. The van der Waals surface area contributed by atoms with Crippen LogP contribution in [-0.2, 0) is 4.79 Å². The minimum absolute atomic E-state index is 0.100. The Hall–Kier alpha value is -1.62. The second-order valence-electron chi connectivity index (χ2n) is 7.84.